The third-order valence-corrected chi connectivity index (χ3v) is 8.14. The minimum Gasteiger partial charge on any atom is -0.340 e. The second kappa shape index (κ2) is 8.62. The predicted octanol–water partition coefficient (Wildman–Crippen LogP) is 9.11. The highest BCUT2D eigenvalue weighted by Gasteiger charge is 2.12. The van der Waals surface area contributed by atoms with E-state index in [1.807, 2.05) is 0 Å². The number of fused-ring (bicyclic) bond motifs is 3. The minimum absolute atomic E-state index is 1.05. The van der Waals surface area contributed by atoms with Crippen molar-refractivity contribution in [2.45, 2.75) is 26.3 Å². The van der Waals surface area contributed by atoms with Crippen molar-refractivity contribution >= 4 is 44.5 Å². The number of rotatable bonds is 6. The summed E-state index contributed by atoms with van der Waals surface area (Å²) in [5.74, 6) is 0. The maximum atomic E-state index is 4.85. The van der Waals surface area contributed by atoms with Gasteiger partial charge in [-0.2, -0.15) is 0 Å². The quantitative estimate of drug-likeness (QED) is 0.240. The SMILES string of the molecule is CCCCn1c2ccccc2c2cc(-c3ccc(-c4csc(-c5cccs5)n4)cc3)ccc21. The van der Waals surface area contributed by atoms with Gasteiger partial charge in [0.25, 0.3) is 0 Å². The Morgan fingerprint density at radius 2 is 1.55 bits per heavy atom. The minimum atomic E-state index is 1.05. The monoisotopic (exact) mass is 464 g/mol. The second-order valence-corrected chi connectivity index (χ2v) is 10.2. The number of para-hydroxylation sites is 1. The number of unbranched alkanes of at least 4 members (excludes halogenated alkanes) is 1. The molecule has 3 heterocycles. The van der Waals surface area contributed by atoms with Crippen molar-refractivity contribution in [1.82, 2.24) is 9.55 Å². The van der Waals surface area contributed by atoms with Gasteiger partial charge >= 0.3 is 0 Å². The molecule has 0 N–H and O–H groups in total. The van der Waals surface area contributed by atoms with Gasteiger partial charge in [0.1, 0.15) is 5.01 Å². The third-order valence-electron chi connectivity index (χ3n) is 6.26. The summed E-state index contributed by atoms with van der Waals surface area (Å²) >= 11 is 3.45. The van der Waals surface area contributed by atoms with Crippen molar-refractivity contribution < 1.29 is 0 Å². The van der Waals surface area contributed by atoms with Crippen LogP contribution in [0.2, 0.25) is 0 Å². The number of thiophene rings is 1. The Bertz CT molecular complexity index is 1540. The topological polar surface area (TPSA) is 17.8 Å². The van der Waals surface area contributed by atoms with Gasteiger partial charge in [0, 0.05) is 39.3 Å². The maximum absolute atomic E-state index is 4.85. The summed E-state index contributed by atoms with van der Waals surface area (Å²) < 4.78 is 2.48. The number of hydrogen-bond acceptors (Lipinski definition) is 3. The lowest BCUT2D eigenvalue weighted by Gasteiger charge is -2.07. The lowest BCUT2D eigenvalue weighted by molar-refractivity contribution is 0.665. The van der Waals surface area contributed by atoms with Crippen LogP contribution in [0.3, 0.4) is 0 Å². The van der Waals surface area contributed by atoms with Crippen LogP contribution in [0.15, 0.2) is 89.6 Å². The van der Waals surface area contributed by atoms with Gasteiger partial charge in [-0.25, -0.2) is 4.98 Å². The molecule has 0 bridgehead atoms. The smallest absolute Gasteiger partial charge is 0.134 e. The number of aromatic nitrogens is 2. The summed E-state index contributed by atoms with van der Waals surface area (Å²) in [4.78, 5) is 6.08. The highest BCUT2D eigenvalue weighted by atomic mass is 32.1. The molecule has 0 amide bonds. The van der Waals surface area contributed by atoms with Crippen LogP contribution in [0.5, 0.6) is 0 Å². The molecule has 0 atom stereocenters. The first kappa shape index (κ1) is 20.4. The van der Waals surface area contributed by atoms with Crippen LogP contribution in [0.1, 0.15) is 19.8 Å². The van der Waals surface area contributed by atoms with Gasteiger partial charge < -0.3 is 4.57 Å². The molecule has 0 fully saturated rings. The van der Waals surface area contributed by atoms with E-state index in [2.05, 4.69) is 101 Å². The number of nitrogens with zero attached hydrogens (tertiary/aromatic N) is 2. The van der Waals surface area contributed by atoms with Crippen molar-refractivity contribution in [3.8, 4) is 32.3 Å². The van der Waals surface area contributed by atoms with Gasteiger partial charge in [-0.15, -0.1) is 22.7 Å². The van der Waals surface area contributed by atoms with Crippen molar-refractivity contribution in [2.75, 3.05) is 0 Å². The summed E-state index contributed by atoms with van der Waals surface area (Å²) in [6, 6.07) is 28.7. The van der Waals surface area contributed by atoms with E-state index in [0.29, 0.717) is 0 Å². The maximum Gasteiger partial charge on any atom is 0.134 e. The lowest BCUT2D eigenvalue weighted by atomic mass is 10.0. The zero-order chi connectivity index (χ0) is 22.2. The predicted molar refractivity (Wildman–Crippen MR) is 144 cm³/mol. The van der Waals surface area contributed by atoms with Gasteiger partial charge in [-0.1, -0.05) is 67.9 Å². The summed E-state index contributed by atoms with van der Waals surface area (Å²) in [6.07, 6.45) is 2.40. The normalized spacial score (nSPS) is 11.5. The lowest BCUT2D eigenvalue weighted by Crippen LogP contribution is -1.96. The molecule has 33 heavy (non-hydrogen) atoms. The largest absolute Gasteiger partial charge is 0.340 e. The first-order valence-corrected chi connectivity index (χ1v) is 13.2. The van der Waals surface area contributed by atoms with Crippen LogP contribution in [-0.4, -0.2) is 9.55 Å². The van der Waals surface area contributed by atoms with Crippen molar-refractivity contribution in [1.29, 1.82) is 0 Å². The van der Waals surface area contributed by atoms with Crippen molar-refractivity contribution in [3.05, 3.63) is 89.6 Å². The Kier molecular flexibility index (Phi) is 5.33. The fraction of sp³-hybridized carbons (Fsp3) is 0.138. The van der Waals surface area contributed by atoms with Gasteiger partial charge in [0.15, 0.2) is 0 Å². The van der Waals surface area contributed by atoms with Crippen LogP contribution >= 0.6 is 22.7 Å². The molecule has 6 aromatic rings. The van der Waals surface area contributed by atoms with Crippen LogP contribution < -0.4 is 0 Å². The molecule has 162 valence electrons. The van der Waals surface area contributed by atoms with Crippen molar-refractivity contribution in [2.24, 2.45) is 0 Å². The van der Waals surface area contributed by atoms with Gasteiger partial charge in [0.2, 0.25) is 0 Å². The average Bonchev–Trinajstić information content (AvgIpc) is 3.62. The third kappa shape index (κ3) is 3.69. The average molecular weight is 465 g/mol. The molecule has 0 radical (unpaired) electrons. The number of thiazole rings is 1. The molecule has 0 saturated carbocycles. The summed E-state index contributed by atoms with van der Waals surface area (Å²) in [7, 11) is 0. The summed E-state index contributed by atoms with van der Waals surface area (Å²) in [5.41, 5.74) is 7.36. The zero-order valence-corrected chi connectivity index (χ0v) is 20.1. The second-order valence-electron chi connectivity index (χ2n) is 8.35. The van der Waals surface area contributed by atoms with Gasteiger partial charge in [-0.3, -0.25) is 0 Å². The van der Waals surface area contributed by atoms with Crippen LogP contribution in [0, 0.1) is 0 Å². The molecule has 6 rings (SSSR count). The highest BCUT2D eigenvalue weighted by Crippen LogP contribution is 2.35. The molecule has 0 unspecified atom stereocenters. The Labute approximate surface area is 201 Å². The van der Waals surface area contributed by atoms with E-state index in [-0.39, 0.29) is 0 Å². The molecular weight excluding hydrogens is 440 g/mol. The zero-order valence-electron chi connectivity index (χ0n) is 18.5. The van der Waals surface area contributed by atoms with E-state index in [4.69, 9.17) is 4.98 Å². The Hall–Kier alpha value is -3.21. The number of benzene rings is 3. The fourth-order valence-electron chi connectivity index (χ4n) is 4.54. The molecule has 0 spiro atoms. The first-order valence-electron chi connectivity index (χ1n) is 11.4. The molecular formula is C29H24N2S2. The number of aryl methyl sites for hydroxylation is 1. The van der Waals surface area contributed by atoms with Crippen LogP contribution in [0.25, 0.3) is 54.1 Å². The Morgan fingerprint density at radius 1 is 0.758 bits per heavy atom. The molecule has 0 aliphatic rings. The molecule has 0 saturated heterocycles. The standard InChI is InChI=1S/C29H24N2S2/c1-2-3-16-31-26-8-5-4-7-23(26)24-18-22(14-15-27(24)31)20-10-12-21(13-11-20)25-19-33-29(30-25)28-9-6-17-32-28/h4-15,17-19H,2-3,16H2,1H3. The van der Waals surface area contributed by atoms with Crippen LogP contribution in [-0.2, 0) is 6.54 Å². The van der Waals surface area contributed by atoms with E-state index >= 15 is 0 Å². The first-order chi connectivity index (χ1) is 16.3. The van der Waals surface area contributed by atoms with Crippen LogP contribution in [0.4, 0.5) is 0 Å². The molecule has 4 heteroatoms. The molecule has 0 aliphatic carbocycles. The van der Waals surface area contributed by atoms with Gasteiger partial charge in [-0.05, 0) is 47.2 Å². The summed E-state index contributed by atoms with van der Waals surface area (Å²) in [6.45, 7) is 3.32. The molecule has 2 nitrogen and oxygen atoms in total. The van der Waals surface area contributed by atoms with E-state index in [9.17, 15) is 0 Å². The molecule has 0 aliphatic heterocycles. The molecule has 3 aromatic carbocycles. The van der Waals surface area contributed by atoms with E-state index < -0.39 is 0 Å². The number of hydrogen-bond donors (Lipinski definition) is 0. The fourth-order valence-corrected chi connectivity index (χ4v) is 6.19. The van der Waals surface area contributed by atoms with E-state index in [1.165, 1.54) is 50.7 Å². The van der Waals surface area contributed by atoms with Gasteiger partial charge in [0.05, 0.1) is 10.6 Å². The molecule has 3 aromatic heterocycles. The highest BCUT2D eigenvalue weighted by molar-refractivity contribution is 7.20. The summed E-state index contributed by atoms with van der Waals surface area (Å²) in [5, 5.41) is 8.02. The van der Waals surface area contributed by atoms with E-state index in [0.717, 1.165) is 22.8 Å². The Morgan fingerprint density at radius 3 is 2.36 bits per heavy atom. The van der Waals surface area contributed by atoms with Crippen molar-refractivity contribution in [3.63, 3.8) is 0 Å². The van der Waals surface area contributed by atoms with E-state index in [1.54, 1.807) is 22.7 Å². The Balaban J connectivity index is 1.36.